The monoisotopic (exact) mass is 342 g/mol. The van der Waals surface area contributed by atoms with Crippen LogP contribution in [0.1, 0.15) is 5.56 Å². The SMILES string of the molecule is CN(Cc1ccccc1)c1cc(Nc2ccc(F)c(Cl)c2)ncn1. The first-order valence-corrected chi connectivity index (χ1v) is 7.79. The van der Waals surface area contributed by atoms with Crippen molar-refractivity contribution in [2.75, 3.05) is 17.3 Å². The molecule has 1 N–H and O–H groups in total. The van der Waals surface area contributed by atoms with Crippen molar-refractivity contribution in [1.82, 2.24) is 9.97 Å². The first kappa shape index (κ1) is 16.2. The number of hydrogen-bond acceptors (Lipinski definition) is 4. The standard InChI is InChI=1S/C18H16ClFN4/c1-24(11-13-5-3-2-4-6-13)18-10-17(21-12-22-18)23-14-7-8-16(20)15(19)9-14/h2-10,12H,11H2,1H3,(H,21,22,23). The molecule has 4 nitrogen and oxygen atoms in total. The lowest BCUT2D eigenvalue weighted by atomic mass is 10.2. The lowest BCUT2D eigenvalue weighted by Crippen LogP contribution is -2.17. The molecule has 0 saturated heterocycles. The van der Waals surface area contributed by atoms with E-state index in [9.17, 15) is 4.39 Å². The average Bonchev–Trinajstić information content (AvgIpc) is 2.59. The fourth-order valence-electron chi connectivity index (χ4n) is 2.28. The number of hydrogen-bond donors (Lipinski definition) is 1. The molecule has 3 rings (SSSR count). The summed E-state index contributed by atoms with van der Waals surface area (Å²) in [6.45, 7) is 0.736. The van der Waals surface area contributed by atoms with Crippen LogP contribution in [0.4, 0.5) is 21.7 Å². The number of anilines is 3. The molecule has 122 valence electrons. The quantitative estimate of drug-likeness (QED) is 0.732. The zero-order valence-corrected chi connectivity index (χ0v) is 13.8. The molecule has 1 aromatic heterocycles. The third-order valence-corrected chi connectivity index (χ3v) is 3.79. The summed E-state index contributed by atoms with van der Waals surface area (Å²) in [6.07, 6.45) is 1.49. The zero-order chi connectivity index (χ0) is 16.9. The minimum atomic E-state index is -0.451. The first-order chi connectivity index (χ1) is 11.6. The molecule has 1 heterocycles. The Morgan fingerprint density at radius 3 is 2.62 bits per heavy atom. The van der Waals surface area contributed by atoms with Gasteiger partial charge in [0.05, 0.1) is 5.02 Å². The highest BCUT2D eigenvalue weighted by atomic mass is 35.5. The normalized spacial score (nSPS) is 10.5. The Kier molecular flexibility index (Phi) is 4.91. The van der Waals surface area contributed by atoms with Gasteiger partial charge in [0.1, 0.15) is 23.8 Å². The largest absolute Gasteiger partial charge is 0.355 e. The molecule has 0 spiro atoms. The zero-order valence-electron chi connectivity index (χ0n) is 13.1. The number of rotatable bonds is 5. The summed E-state index contributed by atoms with van der Waals surface area (Å²) in [6, 6.07) is 16.4. The minimum Gasteiger partial charge on any atom is -0.355 e. The van der Waals surface area contributed by atoms with Crippen LogP contribution in [0.15, 0.2) is 60.9 Å². The Morgan fingerprint density at radius 1 is 1.08 bits per heavy atom. The van der Waals surface area contributed by atoms with Crippen molar-refractivity contribution in [1.29, 1.82) is 0 Å². The molecule has 0 atom stereocenters. The van der Waals surface area contributed by atoms with Gasteiger partial charge in [-0.15, -0.1) is 0 Å². The summed E-state index contributed by atoms with van der Waals surface area (Å²) < 4.78 is 13.2. The predicted octanol–water partition coefficient (Wildman–Crippen LogP) is 4.65. The van der Waals surface area contributed by atoms with Gasteiger partial charge in [-0.05, 0) is 23.8 Å². The molecule has 0 unspecified atom stereocenters. The highest BCUT2D eigenvalue weighted by Gasteiger charge is 2.07. The summed E-state index contributed by atoms with van der Waals surface area (Å²) in [5.74, 6) is 0.945. The maximum atomic E-state index is 13.2. The smallest absolute Gasteiger partial charge is 0.141 e. The molecule has 0 radical (unpaired) electrons. The van der Waals surface area contributed by atoms with E-state index in [0.717, 1.165) is 12.4 Å². The lowest BCUT2D eigenvalue weighted by molar-refractivity contribution is 0.628. The molecule has 0 aliphatic rings. The van der Waals surface area contributed by atoms with Crippen LogP contribution in [0.5, 0.6) is 0 Å². The summed E-state index contributed by atoms with van der Waals surface area (Å²) >= 11 is 5.80. The second-order valence-corrected chi connectivity index (χ2v) is 5.76. The van der Waals surface area contributed by atoms with E-state index in [2.05, 4.69) is 27.4 Å². The molecule has 6 heteroatoms. The maximum Gasteiger partial charge on any atom is 0.141 e. The third-order valence-electron chi connectivity index (χ3n) is 3.50. The summed E-state index contributed by atoms with van der Waals surface area (Å²) in [4.78, 5) is 10.5. The van der Waals surface area contributed by atoms with Crippen LogP contribution < -0.4 is 10.2 Å². The number of benzene rings is 2. The molecule has 0 bridgehead atoms. The van der Waals surface area contributed by atoms with E-state index < -0.39 is 5.82 Å². The van der Waals surface area contributed by atoms with Crippen LogP contribution in [-0.2, 0) is 6.54 Å². The number of halogens is 2. The number of nitrogens with zero attached hydrogens (tertiary/aromatic N) is 3. The van der Waals surface area contributed by atoms with Crippen molar-refractivity contribution in [3.8, 4) is 0 Å². The molecule has 2 aromatic carbocycles. The minimum absolute atomic E-state index is 0.0653. The Morgan fingerprint density at radius 2 is 1.88 bits per heavy atom. The Balaban J connectivity index is 1.74. The van der Waals surface area contributed by atoms with Crippen molar-refractivity contribution in [2.45, 2.75) is 6.54 Å². The van der Waals surface area contributed by atoms with Crippen molar-refractivity contribution >= 4 is 28.9 Å². The molecule has 0 saturated carbocycles. The predicted molar refractivity (Wildman–Crippen MR) is 95.3 cm³/mol. The van der Waals surface area contributed by atoms with Crippen LogP contribution in [-0.4, -0.2) is 17.0 Å². The van der Waals surface area contributed by atoms with Gasteiger partial charge in [0.2, 0.25) is 0 Å². The first-order valence-electron chi connectivity index (χ1n) is 7.41. The summed E-state index contributed by atoms with van der Waals surface area (Å²) in [7, 11) is 1.97. The van der Waals surface area contributed by atoms with E-state index in [-0.39, 0.29) is 5.02 Å². The Bertz CT molecular complexity index is 826. The maximum absolute atomic E-state index is 13.2. The summed E-state index contributed by atoms with van der Waals surface area (Å²) in [5.41, 5.74) is 1.86. The van der Waals surface area contributed by atoms with Gasteiger partial charge < -0.3 is 10.2 Å². The van der Waals surface area contributed by atoms with E-state index in [4.69, 9.17) is 11.6 Å². The van der Waals surface area contributed by atoms with Gasteiger partial charge in [0.25, 0.3) is 0 Å². The average molecular weight is 343 g/mol. The van der Waals surface area contributed by atoms with Crippen LogP contribution in [0, 0.1) is 5.82 Å². The van der Waals surface area contributed by atoms with Gasteiger partial charge in [-0.1, -0.05) is 41.9 Å². The number of nitrogens with one attached hydrogen (secondary N) is 1. The van der Waals surface area contributed by atoms with Gasteiger partial charge in [-0.25, -0.2) is 14.4 Å². The van der Waals surface area contributed by atoms with Crippen molar-refractivity contribution in [3.63, 3.8) is 0 Å². The molecule has 0 fully saturated rings. The van der Waals surface area contributed by atoms with Crippen molar-refractivity contribution in [3.05, 3.63) is 77.3 Å². The molecular formula is C18H16ClFN4. The van der Waals surface area contributed by atoms with E-state index in [1.165, 1.54) is 24.0 Å². The fraction of sp³-hybridized carbons (Fsp3) is 0.111. The van der Waals surface area contributed by atoms with E-state index in [1.54, 1.807) is 6.07 Å². The van der Waals surface area contributed by atoms with E-state index in [0.29, 0.717) is 11.5 Å². The topological polar surface area (TPSA) is 41.0 Å². The van der Waals surface area contributed by atoms with Crippen LogP contribution in [0.25, 0.3) is 0 Å². The van der Waals surface area contributed by atoms with E-state index >= 15 is 0 Å². The van der Waals surface area contributed by atoms with Gasteiger partial charge in [0.15, 0.2) is 0 Å². The molecule has 0 amide bonds. The Hall–Kier alpha value is -2.66. The molecular weight excluding hydrogens is 327 g/mol. The summed E-state index contributed by atoms with van der Waals surface area (Å²) in [5, 5.41) is 3.17. The van der Waals surface area contributed by atoms with Crippen LogP contribution >= 0.6 is 11.6 Å². The third kappa shape index (κ3) is 4.00. The Labute approximate surface area is 144 Å². The van der Waals surface area contributed by atoms with Gasteiger partial charge in [-0.3, -0.25) is 0 Å². The second kappa shape index (κ2) is 7.27. The lowest BCUT2D eigenvalue weighted by Gasteiger charge is -2.18. The van der Waals surface area contributed by atoms with Crippen molar-refractivity contribution < 1.29 is 4.39 Å². The van der Waals surface area contributed by atoms with Gasteiger partial charge >= 0.3 is 0 Å². The fourth-order valence-corrected chi connectivity index (χ4v) is 2.46. The van der Waals surface area contributed by atoms with Crippen LogP contribution in [0.2, 0.25) is 5.02 Å². The highest BCUT2D eigenvalue weighted by Crippen LogP contribution is 2.23. The number of aromatic nitrogens is 2. The molecule has 0 aliphatic carbocycles. The van der Waals surface area contributed by atoms with Gasteiger partial charge in [-0.2, -0.15) is 0 Å². The van der Waals surface area contributed by atoms with Crippen molar-refractivity contribution in [2.24, 2.45) is 0 Å². The molecule has 0 aliphatic heterocycles. The van der Waals surface area contributed by atoms with Crippen LogP contribution in [0.3, 0.4) is 0 Å². The molecule has 24 heavy (non-hydrogen) atoms. The van der Waals surface area contributed by atoms with E-state index in [1.807, 2.05) is 36.2 Å². The highest BCUT2D eigenvalue weighted by molar-refractivity contribution is 6.31. The molecule has 3 aromatic rings. The second-order valence-electron chi connectivity index (χ2n) is 5.36. The van der Waals surface area contributed by atoms with Gasteiger partial charge in [0, 0.05) is 25.3 Å².